The van der Waals surface area contributed by atoms with Crippen molar-refractivity contribution in [2.24, 2.45) is 0 Å². The van der Waals surface area contributed by atoms with E-state index in [-0.39, 0.29) is 23.8 Å². The van der Waals surface area contributed by atoms with Crippen molar-refractivity contribution in [3.05, 3.63) is 71.7 Å². The number of nitriles is 1. The molecule has 0 saturated carbocycles. The maximum absolute atomic E-state index is 12.4. The lowest BCUT2D eigenvalue weighted by molar-refractivity contribution is -0.145. The highest BCUT2D eigenvalue weighted by Gasteiger charge is 2.21. The zero-order valence-corrected chi connectivity index (χ0v) is 14.8. The summed E-state index contributed by atoms with van der Waals surface area (Å²) in [6.45, 7) is 1.51. The highest BCUT2D eigenvalue weighted by atomic mass is 16.5. The Morgan fingerprint density at radius 1 is 1.22 bits per heavy atom. The second-order valence-corrected chi connectivity index (χ2v) is 6.02. The number of hydrogen-bond acceptors (Lipinski definition) is 5. The molecule has 27 heavy (non-hydrogen) atoms. The molecule has 6 nitrogen and oxygen atoms in total. The summed E-state index contributed by atoms with van der Waals surface area (Å²) in [5.74, 6) is -0.969. The van der Waals surface area contributed by atoms with Crippen LogP contribution in [0.4, 0.5) is 0 Å². The summed E-state index contributed by atoms with van der Waals surface area (Å²) in [7, 11) is 0. The third kappa shape index (κ3) is 3.98. The quantitative estimate of drug-likeness (QED) is 0.391. The Hall–Kier alpha value is -3.59. The minimum absolute atomic E-state index is 0.0493. The van der Waals surface area contributed by atoms with Crippen molar-refractivity contribution in [2.45, 2.75) is 19.3 Å². The van der Waals surface area contributed by atoms with Gasteiger partial charge in [0, 0.05) is 0 Å². The minimum atomic E-state index is -0.447. The largest absolute Gasteiger partial charge is 0.507 e. The van der Waals surface area contributed by atoms with Gasteiger partial charge in [0.2, 0.25) is 0 Å². The Labute approximate surface area is 156 Å². The summed E-state index contributed by atoms with van der Waals surface area (Å²) in [6.07, 6.45) is 0.571. The van der Waals surface area contributed by atoms with E-state index in [2.05, 4.69) is 9.97 Å². The third-order valence-electron chi connectivity index (χ3n) is 4.27. The average Bonchev–Trinajstić information content (AvgIpc) is 3.12. The molecule has 0 aliphatic heterocycles. The Morgan fingerprint density at radius 2 is 1.93 bits per heavy atom. The molecule has 3 aromatic rings. The van der Waals surface area contributed by atoms with Crippen LogP contribution in [0.1, 0.15) is 30.7 Å². The zero-order valence-electron chi connectivity index (χ0n) is 14.8. The van der Waals surface area contributed by atoms with E-state index in [1.165, 1.54) is 0 Å². The summed E-state index contributed by atoms with van der Waals surface area (Å²) in [5, 5.41) is 19.7. The molecule has 6 heteroatoms. The molecule has 2 N–H and O–H groups in total. The van der Waals surface area contributed by atoms with Crippen LogP contribution >= 0.6 is 0 Å². The lowest BCUT2D eigenvalue weighted by atomic mass is 9.97. The van der Waals surface area contributed by atoms with E-state index < -0.39 is 11.9 Å². The summed E-state index contributed by atoms with van der Waals surface area (Å²) >= 11 is 0. The molecule has 0 aliphatic rings. The van der Waals surface area contributed by atoms with Gasteiger partial charge in [-0.3, -0.25) is 4.79 Å². The molecule has 0 saturated heterocycles. The van der Waals surface area contributed by atoms with Crippen LogP contribution in [0.5, 0.6) is 0 Å². The maximum Gasteiger partial charge on any atom is 0.313 e. The second kappa shape index (κ2) is 8.19. The number of aliphatic hydroxyl groups is 1. The maximum atomic E-state index is 12.4. The zero-order chi connectivity index (χ0) is 19.2. The van der Waals surface area contributed by atoms with Crippen LogP contribution in [0.3, 0.4) is 0 Å². The molecule has 1 heterocycles. The van der Waals surface area contributed by atoms with Crippen LogP contribution in [-0.2, 0) is 9.53 Å². The van der Waals surface area contributed by atoms with E-state index in [9.17, 15) is 15.2 Å². The van der Waals surface area contributed by atoms with Gasteiger partial charge < -0.3 is 14.8 Å². The lowest BCUT2D eigenvalue weighted by Gasteiger charge is -2.14. The topological polar surface area (TPSA) is 99.0 Å². The van der Waals surface area contributed by atoms with Gasteiger partial charge in [-0.15, -0.1) is 0 Å². The predicted molar refractivity (Wildman–Crippen MR) is 102 cm³/mol. The first-order valence-corrected chi connectivity index (χ1v) is 8.63. The summed E-state index contributed by atoms with van der Waals surface area (Å²) in [6, 6.07) is 18.5. The predicted octanol–water partition coefficient (Wildman–Crippen LogP) is 4.09. The van der Waals surface area contributed by atoms with Crippen molar-refractivity contribution in [1.82, 2.24) is 9.97 Å². The molecule has 0 fully saturated rings. The fraction of sp³-hybridized carbons (Fsp3) is 0.190. The molecule has 1 unspecified atom stereocenters. The highest BCUT2D eigenvalue weighted by molar-refractivity contribution is 5.83. The van der Waals surface area contributed by atoms with Gasteiger partial charge in [-0.1, -0.05) is 49.4 Å². The number of rotatable bonds is 6. The van der Waals surface area contributed by atoms with Gasteiger partial charge in [0.15, 0.2) is 11.6 Å². The molecular formula is C21H19N3O3. The van der Waals surface area contributed by atoms with Gasteiger partial charge in [-0.25, -0.2) is 4.98 Å². The number of aromatic amines is 1. The van der Waals surface area contributed by atoms with Crippen molar-refractivity contribution < 1.29 is 14.6 Å². The van der Waals surface area contributed by atoms with Gasteiger partial charge in [0.05, 0.1) is 17.0 Å². The number of aromatic nitrogens is 2. The van der Waals surface area contributed by atoms with Crippen LogP contribution < -0.4 is 0 Å². The standard InChI is InChI=1S/C21H19N3O3/c1-2-15(14-8-4-3-5-9-14)21(26)27-13-19(25)16(12-22)20-23-17-10-6-7-11-18(17)24-20/h3-11,15,25H,2,13H2,1H3,(H,23,24). The number of allylic oxidation sites excluding steroid dienone is 1. The SMILES string of the molecule is CCC(C(=O)OCC(O)=C(C#N)c1nc2ccccc2[nH]1)c1ccccc1. The molecule has 0 bridgehead atoms. The lowest BCUT2D eigenvalue weighted by Crippen LogP contribution is -2.17. The number of benzene rings is 2. The van der Waals surface area contributed by atoms with Gasteiger partial charge in [0.1, 0.15) is 18.2 Å². The van der Waals surface area contributed by atoms with Gasteiger partial charge >= 0.3 is 5.97 Å². The summed E-state index contributed by atoms with van der Waals surface area (Å²) in [4.78, 5) is 19.7. The number of carbonyl (C=O) groups is 1. The van der Waals surface area contributed by atoms with E-state index in [1.807, 2.05) is 61.5 Å². The number of carbonyl (C=O) groups excluding carboxylic acids is 1. The van der Waals surface area contributed by atoms with E-state index >= 15 is 0 Å². The Bertz CT molecular complexity index is 983. The molecule has 1 aromatic heterocycles. The monoisotopic (exact) mass is 361 g/mol. The summed E-state index contributed by atoms with van der Waals surface area (Å²) < 4.78 is 5.25. The average molecular weight is 361 g/mol. The molecular weight excluding hydrogens is 342 g/mol. The fourth-order valence-corrected chi connectivity index (χ4v) is 2.86. The minimum Gasteiger partial charge on any atom is -0.507 e. The van der Waals surface area contributed by atoms with Crippen molar-refractivity contribution in [2.75, 3.05) is 6.61 Å². The van der Waals surface area contributed by atoms with E-state index in [0.717, 1.165) is 11.1 Å². The highest BCUT2D eigenvalue weighted by Crippen LogP contribution is 2.22. The van der Waals surface area contributed by atoms with E-state index in [0.29, 0.717) is 11.9 Å². The number of H-pyrrole nitrogens is 1. The smallest absolute Gasteiger partial charge is 0.313 e. The number of aliphatic hydroxyl groups excluding tert-OH is 1. The number of nitrogens with one attached hydrogen (secondary N) is 1. The van der Waals surface area contributed by atoms with Crippen LogP contribution in [-0.4, -0.2) is 27.7 Å². The number of imidazole rings is 1. The molecule has 0 radical (unpaired) electrons. The van der Waals surface area contributed by atoms with Crippen molar-refractivity contribution in [1.29, 1.82) is 5.26 Å². The molecule has 0 amide bonds. The van der Waals surface area contributed by atoms with Crippen LogP contribution in [0, 0.1) is 11.3 Å². The first-order chi connectivity index (χ1) is 13.1. The van der Waals surface area contributed by atoms with E-state index in [4.69, 9.17) is 4.74 Å². The number of nitrogens with zero attached hydrogens (tertiary/aromatic N) is 2. The van der Waals surface area contributed by atoms with Crippen molar-refractivity contribution >= 4 is 22.6 Å². The van der Waals surface area contributed by atoms with Crippen molar-refractivity contribution in [3.8, 4) is 6.07 Å². The van der Waals surface area contributed by atoms with Crippen LogP contribution in [0.15, 0.2) is 60.4 Å². The Kier molecular flexibility index (Phi) is 5.53. The van der Waals surface area contributed by atoms with Gasteiger partial charge in [-0.2, -0.15) is 5.26 Å². The molecule has 1 atom stereocenters. The number of ether oxygens (including phenoxy) is 1. The second-order valence-electron chi connectivity index (χ2n) is 6.02. The normalized spacial score (nSPS) is 12.9. The number of fused-ring (bicyclic) bond motifs is 1. The Morgan fingerprint density at radius 3 is 2.59 bits per heavy atom. The number of para-hydroxylation sites is 2. The molecule has 0 aliphatic carbocycles. The number of hydrogen-bond donors (Lipinski definition) is 2. The fourth-order valence-electron chi connectivity index (χ4n) is 2.86. The first kappa shape index (κ1) is 18.2. The molecule has 0 spiro atoms. The molecule has 2 aromatic carbocycles. The van der Waals surface area contributed by atoms with Crippen molar-refractivity contribution in [3.63, 3.8) is 0 Å². The molecule has 3 rings (SSSR count). The van der Waals surface area contributed by atoms with Crippen LogP contribution in [0.25, 0.3) is 16.6 Å². The number of esters is 1. The molecule has 136 valence electrons. The van der Waals surface area contributed by atoms with Crippen LogP contribution in [0.2, 0.25) is 0 Å². The Balaban J connectivity index is 1.76. The first-order valence-electron chi connectivity index (χ1n) is 8.63. The third-order valence-corrected chi connectivity index (χ3v) is 4.27. The van der Waals surface area contributed by atoms with Gasteiger partial charge in [-0.05, 0) is 24.1 Å². The summed E-state index contributed by atoms with van der Waals surface area (Å²) in [5.41, 5.74) is 2.23. The van der Waals surface area contributed by atoms with Gasteiger partial charge in [0.25, 0.3) is 0 Å². The van der Waals surface area contributed by atoms with E-state index in [1.54, 1.807) is 6.07 Å².